The SMILES string of the molecule is Cc1ccc(C(=O)NCC(C)(C)CCCN)cc1O. The summed E-state index contributed by atoms with van der Waals surface area (Å²) in [5.74, 6) is -0.00818. The van der Waals surface area contributed by atoms with Crippen LogP contribution in [0.3, 0.4) is 0 Å². The number of hydrogen-bond donors (Lipinski definition) is 3. The molecule has 0 unspecified atom stereocenters. The molecule has 4 heteroatoms. The average molecular weight is 264 g/mol. The van der Waals surface area contributed by atoms with Crippen LogP contribution in [-0.2, 0) is 0 Å². The van der Waals surface area contributed by atoms with Crippen LogP contribution >= 0.6 is 0 Å². The van der Waals surface area contributed by atoms with E-state index in [4.69, 9.17) is 5.73 Å². The third-order valence-corrected chi connectivity index (χ3v) is 3.26. The molecule has 0 aliphatic carbocycles. The molecular weight excluding hydrogens is 240 g/mol. The van der Waals surface area contributed by atoms with Gasteiger partial charge in [0.1, 0.15) is 5.75 Å². The minimum absolute atomic E-state index is 0.0295. The van der Waals surface area contributed by atoms with E-state index in [-0.39, 0.29) is 17.1 Å². The highest BCUT2D eigenvalue weighted by molar-refractivity contribution is 5.94. The van der Waals surface area contributed by atoms with Gasteiger partial charge in [0.2, 0.25) is 0 Å². The predicted octanol–water partition coefficient (Wildman–Crippen LogP) is 2.20. The first-order valence-corrected chi connectivity index (χ1v) is 6.63. The van der Waals surface area contributed by atoms with Crippen molar-refractivity contribution in [2.75, 3.05) is 13.1 Å². The van der Waals surface area contributed by atoms with Crippen LogP contribution in [0.1, 0.15) is 42.6 Å². The smallest absolute Gasteiger partial charge is 0.251 e. The Morgan fingerprint density at radius 3 is 2.68 bits per heavy atom. The molecule has 1 aromatic rings. The van der Waals surface area contributed by atoms with Crippen molar-refractivity contribution in [2.45, 2.75) is 33.6 Å². The summed E-state index contributed by atoms with van der Waals surface area (Å²) in [4.78, 5) is 12.0. The number of nitrogens with one attached hydrogen (secondary N) is 1. The lowest BCUT2D eigenvalue weighted by molar-refractivity contribution is 0.0934. The first kappa shape index (κ1) is 15.5. The zero-order valence-corrected chi connectivity index (χ0v) is 12.0. The number of hydrogen-bond acceptors (Lipinski definition) is 3. The van der Waals surface area contributed by atoms with Gasteiger partial charge in [0.15, 0.2) is 0 Å². The molecule has 0 aromatic heterocycles. The maximum absolute atomic E-state index is 12.0. The summed E-state index contributed by atoms with van der Waals surface area (Å²) in [6.45, 7) is 7.28. The van der Waals surface area contributed by atoms with E-state index in [0.29, 0.717) is 18.7 Å². The number of benzene rings is 1. The van der Waals surface area contributed by atoms with Crippen LogP contribution in [0.5, 0.6) is 5.75 Å². The van der Waals surface area contributed by atoms with Gasteiger partial charge >= 0.3 is 0 Å². The Hall–Kier alpha value is -1.55. The van der Waals surface area contributed by atoms with Gasteiger partial charge in [-0.3, -0.25) is 4.79 Å². The molecule has 4 N–H and O–H groups in total. The van der Waals surface area contributed by atoms with Crippen molar-refractivity contribution in [1.29, 1.82) is 0 Å². The first-order valence-electron chi connectivity index (χ1n) is 6.63. The maximum Gasteiger partial charge on any atom is 0.251 e. The fraction of sp³-hybridized carbons (Fsp3) is 0.533. The number of amides is 1. The summed E-state index contributed by atoms with van der Waals surface area (Å²) in [6.07, 6.45) is 1.93. The fourth-order valence-electron chi connectivity index (χ4n) is 1.84. The zero-order chi connectivity index (χ0) is 14.5. The lowest BCUT2D eigenvalue weighted by Gasteiger charge is -2.24. The van der Waals surface area contributed by atoms with Gasteiger partial charge in [-0.05, 0) is 49.4 Å². The molecule has 4 nitrogen and oxygen atoms in total. The second kappa shape index (κ2) is 6.57. The average Bonchev–Trinajstić information content (AvgIpc) is 2.37. The standard InChI is InChI=1S/C15H24N2O2/c1-11-5-6-12(9-13(11)18)14(19)17-10-15(2,3)7-4-8-16/h5-6,9,18H,4,7-8,10,16H2,1-3H3,(H,17,19). The predicted molar refractivity (Wildman–Crippen MR) is 77.2 cm³/mol. The number of carbonyl (C=O) groups is 1. The van der Waals surface area contributed by atoms with Gasteiger partial charge in [0.05, 0.1) is 0 Å². The molecular formula is C15H24N2O2. The van der Waals surface area contributed by atoms with Gasteiger partial charge in [-0.1, -0.05) is 19.9 Å². The van der Waals surface area contributed by atoms with Crippen molar-refractivity contribution < 1.29 is 9.90 Å². The minimum atomic E-state index is -0.156. The summed E-state index contributed by atoms with van der Waals surface area (Å²) in [5.41, 5.74) is 6.78. The highest BCUT2D eigenvalue weighted by Gasteiger charge is 2.18. The molecule has 0 bridgehead atoms. The second-order valence-electron chi connectivity index (χ2n) is 5.74. The molecule has 0 saturated heterocycles. The van der Waals surface area contributed by atoms with Crippen molar-refractivity contribution in [3.05, 3.63) is 29.3 Å². The third kappa shape index (κ3) is 4.91. The summed E-state index contributed by atoms with van der Waals surface area (Å²) >= 11 is 0. The van der Waals surface area contributed by atoms with E-state index in [2.05, 4.69) is 19.2 Å². The van der Waals surface area contributed by atoms with Crippen molar-refractivity contribution in [3.8, 4) is 5.75 Å². The highest BCUT2D eigenvalue weighted by atomic mass is 16.3. The second-order valence-corrected chi connectivity index (χ2v) is 5.74. The van der Waals surface area contributed by atoms with E-state index in [9.17, 15) is 9.90 Å². The van der Waals surface area contributed by atoms with E-state index < -0.39 is 0 Å². The Morgan fingerprint density at radius 1 is 1.42 bits per heavy atom. The third-order valence-electron chi connectivity index (χ3n) is 3.26. The Bertz CT molecular complexity index is 442. The van der Waals surface area contributed by atoms with E-state index in [1.807, 2.05) is 0 Å². The van der Waals surface area contributed by atoms with Crippen LogP contribution in [0.2, 0.25) is 0 Å². The number of phenolic OH excluding ortho intramolecular Hbond substituents is 1. The molecule has 0 atom stereocenters. The highest BCUT2D eigenvalue weighted by Crippen LogP contribution is 2.21. The van der Waals surface area contributed by atoms with Gasteiger partial charge in [-0.2, -0.15) is 0 Å². The van der Waals surface area contributed by atoms with Crippen LogP contribution < -0.4 is 11.1 Å². The van der Waals surface area contributed by atoms with Gasteiger partial charge in [-0.15, -0.1) is 0 Å². The number of nitrogens with two attached hydrogens (primary N) is 1. The first-order chi connectivity index (χ1) is 8.85. The Balaban J connectivity index is 2.57. The van der Waals surface area contributed by atoms with Crippen molar-refractivity contribution >= 4 is 5.91 Å². The number of aryl methyl sites for hydroxylation is 1. The Labute approximate surface area is 115 Å². The topological polar surface area (TPSA) is 75.4 Å². The summed E-state index contributed by atoms with van der Waals surface area (Å²) in [5, 5.41) is 12.5. The van der Waals surface area contributed by atoms with Gasteiger partial charge in [-0.25, -0.2) is 0 Å². The molecule has 1 aromatic carbocycles. The van der Waals surface area contributed by atoms with Gasteiger partial charge in [0, 0.05) is 12.1 Å². The molecule has 1 amide bonds. The lowest BCUT2D eigenvalue weighted by Crippen LogP contribution is -2.34. The van der Waals surface area contributed by atoms with Crippen LogP contribution in [0.25, 0.3) is 0 Å². The van der Waals surface area contributed by atoms with E-state index >= 15 is 0 Å². The molecule has 1 rings (SSSR count). The Kier molecular flexibility index (Phi) is 5.36. The maximum atomic E-state index is 12.0. The van der Waals surface area contributed by atoms with E-state index in [0.717, 1.165) is 18.4 Å². The number of aromatic hydroxyl groups is 1. The minimum Gasteiger partial charge on any atom is -0.508 e. The molecule has 0 spiro atoms. The van der Waals surface area contributed by atoms with Crippen molar-refractivity contribution in [1.82, 2.24) is 5.32 Å². The summed E-state index contributed by atoms with van der Waals surface area (Å²) < 4.78 is 0. The van der Waals surface area contributed by atoms with Crippen LogP contribution in [0.15, 0.2) is 18.2 Å². The largest absolute Gasteiger partial charge is 0.508 e. The molecule has 0 fully saturated rings. The van der Waals surface area contributed by atoms with Crippen molar-refractivity contribution in [3.63, 3.8) is 0 Å². The molecule has 0 aliphatic heterocycles. The van der Waals surface area contributed by atoms with E-state index in [1.54, 1.807) is 19.1 Å². The molecule has 106 valence electrons. The van der Waals surface area contributed by atoms with Crippen LogP contribution in [-0.4, -0.2) is 24.1 Å². The van der Waals surface area contributed by atoms with Crippen LogP contribution in [0.4, 0.5) is 0 Å². The fourth-order valence-corrected chi connectivity index (χ4v) is 1.84. The number of carbonyl (C=O) groups excluding carboxylic acids is 1. The molecule has 19 heavy (non-hydrogen) atoms. The number of rotatable bonds is 6. The zero-order valence-electron chi connectivity index (χ0n) is 12.0. The van der Waals surface area contributed by atoms with Crippen molar-refractivity contribution in [2.24, 2.45) is 11.1 Å². The molecule has 0 saturated carbocycles. The summed E-state index contributed by atoms with van der Waals surface area (Å²) in [7, 11) is 0. The Morgan fingerprint density at radius 2 is 2.11 bits per heavy atom. The van der Waals surface area contributed by atoms with Crippen LogP contribution in [0, 0.1) is 12.3 Å². The van der Waals surface area contributed by atoms with E-state index in [1.165, 1.54) is 6.07 Å². The normalized spacial score (nSPS) is 11.4. The molecule has 0 radical (unpaired) electrons. The monoisotopic (exact) mass is 264 g/mol. The molecule has 0 heterocycles. The quantitative estimate of drug-likeness (QED) is 0.737. The van der Waals surface area contributed by atoms with Gasteiger partial charge in [0.25, 0.3) is 5.91 Å². The summed E-state index contributed by atoms with van der Waals surface area (Å²) in [6, 6.07) is 4.96. The van der Waals surface area contributed by atoms with Gasteiger partial charge < -0.3 is 16.2 Å². The lowest BCUT2D eigenvalue weighted by atomic mass is 9.87. The number of phenols is 1. The molecule has 0 aliphatic rings.